The molecule has 10 aromatic rings. The van der Waals surface area contributed by atoms with Crippen molar-refractivity contribution in [2.24, 2.45) is 0 Å². The highest BCUT2D eigenvalue weighted by Gasteiger charge is 2.20. The van der Waals surface area contributed by atoms with Gasteiger partial charge in [-0.3, -0.25) is 4.98 Å². The van der Waals surface area contributed by atoms with Gasteiger partial charge in [-0.15, -0.1) is 0 Å². The fourth-order valence-electron chi connectivity index (χ4n) is 7.56. The molecule has 0 amide bonds. The Morgan fingerprint density at radius 1 is 0.385 bits per heavy atom. The Balaban J connectivity index is 1.24. The molecule has 0 atom stereocenters. The van der Waals surface area contributed by atoms with E-state index >= 15 is 0 Å². The molecule has 0 spiro atoms. The predicted molar refractivity (Wildman–Crippen MR) is 218 cm³/mol. The number of pyridine rings is 1. The minimum absolute atomic E-state index is 0.835. The molecule has 0 aliphatic carbocycles. The summed E-state index contributed by atoms with van der Waals surface area (Å²) in [6.45, 7) is 0. The van der Waals surface area contributed by atoms with E-state index in [4.69, 9.17) is 9.40 Å². The maximum absolute atomic E-state index is 6.29. The third-order valence-electron chi connectivity index (χ3n) is 10.1. The van der Waals surface area contributed by atoms with Gasteiger partial charge in [-0.1, -0.05) is 133 Å². The Kier molecular flexibility index (Phi) is 7.14. The molecule has 0 N–H and O–H groups in total. The molecular formula is C49H32N2O. The average Bonchev–Trinajstić information content (AvgIpc) is 3.58. The molecule has 3 nitrogen and oxygen atoms in total. The Bertz CT molecular complexity index is 2910. The summed E-state index contributed by atoms with van der Waals surface area (Å²) in [5, 5.41) is 5.66. The zero-order chi connectivity index (χ0) is 34.4. The second-order valence-corrected chi connectivity index (χ2v) is 13.2. The van der Waals surface area contributed by atoms with Crippen molar-refractivity contribution in [1.29, 1.82) is 0 Å². The highest BCUT2D eigenvalue weighted by molar-refractivity contribution is 6.12. The Hall–Kier alpha value is -6.97. The number of para-hydroxylation sites is 1. The first-order valence-corrected chi connectivity index (χ1v) is 17.6. The van der Waals surface area contributed by atoms with E-state index in [9.17, 15) is 0 Å². The summed E-state index contributed by atoms with van der Waals surface area (Å²) >= 11 is 0. The number of furan rings is 1. The summed E-state index contributed by atoms with van der Waals surface area (Å²) in [4.78, 5) is 7.24. The molecule has 0 saturated heterocycles. The second kappa shape index (κ2) is 12.4. The van der Waals surface area contributed by atoms with E-state index in [2.05, 4.69) is 181 Å². The Morgan fingerprint density at radius 2 is 1.12 bits per heavy atom. The number of fused-ring (bicyclic) bond motifs is 5. The van der Waals surface area contributed by atoms with Crippen LogP contribution in [0.5, 0.6) is 0 Å². The lowest BCUT2D eigenvalue weighted by molar-refractivity contribution is 0.669. The van der Waals surface area contributed by atoms with Gasteiger partial charge in [0, 0.05) is 39.8 Å². The van der Waals surface area contributed by atoms with Crippen molar-refractivity contribution in [3.05, 3.63) is 194 Å². The molecule has 2 aromatic heterocycles. The number of hydrogen-bond donors (Lipinski definition) is 0. The van der Waals surface area contributed by atoms with Crippen LogP contribution in [-0.2, 0) is 0 Å². The van der Waals surface area contributed by atoms with Gasteiger partial charge >= 0.3 is 0 Å². The monoisotopic (exact) mass is 664 g/mol. The van der Waals surface area contributed by atoms with Gasteiger partial charge in [0.25, 0.3) is 0 Å². The van der Waals surface area contributed by atoms with Gasteiger partial charge in [0.05, 0.1) is 11.2 Å². The summed E-state index contributed by atoms with van der Waals surface area (Å²) < 4.78 is 6.29. The quantitative estimate of drug-likeness (QED) is 0.177. The molecule has 10 rings (SSSR count). The lowest BCUT2D eigenvalue weighted by Gasteiger charge is -2.28. The maximum atomic E-state index is 6.29. The van der Waals surface area contributed by atoms with Gasteiger partial charge in [-0.2, -0.15) is 0 Å². The van der Waals surface area contributed by atoms with E-state index in [0.29, 0.717) is 0 Å². The molecule has 0 bridgehead atoms. The first kappa shape index (κ1) is 29.9. The number of benzene rings is 8. The molecular weight excluding hydrogens is 633 g/mol. The minimum Gasteiger partial charge on any atom is -0.456 e. The van der Waals surface area contributed by atoms with E-state index in [1.165, 1.54) is 38.6 Å². The minimum atomic E-state index is 0.835. The number of rotatable bonds is 6. The van der Waals surface area contributed by atoms with Crippen LogP contribution in [0.4, 0.5) is 17.1 Å². The molecule has 0 aliphatic rings. The molecule has 8 aromatic carbocycles. The zero-order valence-electron chi connectivity index (χ0n) is 28.3. The van der Waals surface area contributed by atoms with Crippen LogP contribution in [0, 0.1) is 0 Å². The first-order valence-electron chi connectivity index (χ1n) is 17.6. The highest BCUT2D eigenvalue weighted by Crippen LogP contribution is 2.45. The number of anilines is 3. The van der Waals surface area contributed by atoms with Crippen LogP contribution in [0.15, 0.2) is 199 Å². The van der Waals surface area contributed by atoms with Crippen molar-refractivity contribution in [2.45, 2.75) is 0 Å². The third-order valence-corrected chi connectivity index (χ3v) is 10.1. The van der Waals surface area contributed by atoms with Crippen LogP contribution in [0.2, 0.25) is 0 Å². The normalized spacial score (nSPS) is 11.5. The number of aromatic nitrogens is 1. The van der Waals surface area contributed by atoms with Gasteiger partial charge in [-0.25, -0.2) is 0 Å². The molecule has 52 heavy (non-hydrogen) atoms. The van der Waals surface area contributed by atoms with Crippen molar-refractivity contribution >= 4 is 60.7 Å². The van der Waals surface area contributed by atoms with Crippen molar-refractivity contribution in [2.75, 3.05) is 4.90 Å². The van der Waals surface area contributed by atoms with Crippen molar-refractivity contribution in [3.63, 3.8) is 0 Å². The molecule has 0 aliphatic heterocycles. The summed E-state index contributed by atoms with van der Waals surface area (Å²) in [6, 6.07) is 67.0. The summed E-state index contributed by atoms with van der Waals surface area (Å²) in [5.41, 5.74) is 12.8. The summed E-state index contributed by atoms with van der Waals surface area (Å²) in [7, 11) is 0. The lowest BCUT2D eigenvalue weighted by Crippen LogP contribution is -2.11. The fourth-order valence-corrected chi connectivity index (χ4v) is 7.56. The van der Waals surface area contributed by atoms with Gasteiger partial charge in [0.1, 0.15) is 11.2 Å². The Labute approximate surface area is 301 Å². The number of nitrogens with zero attached hydrogens (tertiary/aromatic N) is 2. The topological polar surface area (TPSA) is 29.3 Å². The van der Waals surface area contributed by atoms with E-state index in [-0.39, 0.29) is 0 Å². The summed E-state index contributed by atoms with van der Waals surface area (Å²) in [6.07, 6.45) is 1.91. The zero-order valence-corrected chi connectivity index (χ0v) is 28.3. The maximum Gasteiger partial charge on any atom is 0.137 e. The molecule has 0 saturated carbocycles. The van der Waals surface area contributed by atoms with E-state index in [1.807, 2.05) is 18.3 Å². The SMILES string of the molecule is c1ccc(-c2cccc(N(c3ccc(-c4ccccc4)c(-c4ccc5ccccc5c4)c3)c3ccnc4cc5oc6ccccc6c5cc34)c2)cc1. The van der Waals surface area contributed by atoms with E-state index in [0.717, 1.165) is 55.5 Å². The first-order chi connectivity index (χ1) is 25.8. The molecule has 0 unspecified atom stereocenters. The van der Waals surface area contributed by atoms with Gasteiger partial charge < -0.3 is 9.32 Å². The predicted octanol–water partition coefficient (Wildman–Crippen LogP) is 13.8. The van der Waals surface area contributed by atoms with E-state index in [1.54, 1.807) is 0 Å². The third kappa shape index (κ3) is 5.19. The van der Waals surface area contributed by atoms with Crippen LogP contribution in [-0.4, -0.2) is 4.98 Å². The molecule has 244 valence electrons. The molecule has 3 heteroatoms. The second-order valence-electron chi connectivity index (χ2n) is 13.2. The molecule has 0 fully saturated rings. The van der Waals surface area contributed by atoms with E-state index < -0.39 is 0 Å². The van der Waals surface area contributed by atoms with Crippen molar-refractivity contribution in [1.82, 2.24) is 4.98 Å². The van der Waals surface area contributed by atoms with Crippen LogP contribution in [0.1, 0.15) is 0 Å². The smallest absolute Gasteiger partial charge is 0.137 e. The van der Waals surface area contributed by atoms with Crippen LogP contribution in [0.25, 0.3) is 77.0 Å². The standard InChI is InChI=1S/C49H32N2O/c1-3-12-33(13-4-1)37-18-11-19-39(29-37)51(47-26-27-50-46-32-49-44(31-45(46)47)42-20-9-10-21-48(42)52-49)40-24-25-41(35-15-5-2-6-16-35)43(30-40)38-23-22-34-14-7-8-17-36(34)28-38/h1-32H. The van der Waals surface area contributed by atoms with Gasteiger partial charge in [0.2, 0.25) is 0 Å². The highest BCUT2D eigenvalue weighted by atomic mass is 16.3. The Morgan fingerprint density at radius 3 is 1.98 bits per heavy atom. The fraction of sp³-hybridized carbons (Fsp3) is 0. The van der Waals surface area contributed by atoms with Crippen molar-refractivity contribution < 1.29 is 4.42 Å². The molecule has 2 heterocycles. The van der Waals surface area contributed by atoms with Crippen LogP contribution < -0.4 is 4.90 Å². The molecule has 0 radical (unpaired) electrons. The van der Waals surface area contributed by atoms with Gasteiger partial charge in [0.15, 0.2) is 0 Å². The van der Waals surface area contributed by atoms with Gasteiger partial charge in [-0.05, 0) is 92.7 Å². The number of hydrogen-bond acceptors (Lipinski definition) is 3. The van der Waals surface area contributed by atoms with Crippen LogP contribution >= 0.6 is 0 Å². The largest absolute Gasteiger partial charge is 0.456 e. The lowest BCUT2D eigenvalue weighted by atomic mass is 9.92. The van der Waals surface area contributed by atoms with Crippen LogP contribution in [0.3, 0.4) is 0 Å². The van der Waals surface area contributed by atoms with Crippen molar-refractivity contribution in [3.8, 4) is 33.4 Å². The average molecular weight is 665 g/mol. The summed E-state index contributed by atoms with van der Waals surface area (Å²) in [5.74, 6) is 0.